The lowest BCUT2D eigenvalue weighted by molar-refractivity contribution is -0.145. The van der Waals surface area contributed by atoms with Crippen LogP contribution in [0.15, 0.2) is 47.4 Å². The van der Waals surface area contributed by atoms with Gasteiger partial charge in [0.05, 0.1) is 31.3 Å². The molecule has 0 radical (unpaired) electrons. The number of nitrogens with zero attached hydrogens (tertiary/aromatic N) is 1. The maximum absolute atomic E-state index is 13.3. The SMILES string of the molecule is CCC[C@H]1COCCN1C(=O)[C@H]1CC[C@H](NS(=O)(=O)c2ccc(-c3ccc(CCC(=O)OC)cc3)c(NC)c2)CC1. The number of anilines is 1. The maximum Gasteiger partial charge on any atom is 0.305 e. The molecular weight excluding hydrogens is 542 g/mol. The highest BCUT2D eigenvalue weighted by molar-refractivity contribution is 7.89. The molecule has 2 fully saturated rings. The van der Waals surface area contributed by atoms with Crippen LogP contribution >= 0.6 is 0 Å². The lowest BCUT2D eigenvalue weighted by atomic mass is 9.85. The zero-order valence-electron chi connectivity index (χ0n) is 24.4. The van der Waals surface area contributed by atoms with Gasteiger partial charge in [-0.25, -0.2) is 13.1 Å². The summed E-state index contributed by atoms with van der Waals surface area (Å²) in [5, 5.41) is 3.13. The Morgan fingerprint density at radius 2 is 1.80 bits per heavy atom. The van der Waals surface area contributed by atoms with E-state index in [1.54, 1.807) is 19.2 Å². The molecule has 0 unspecified atom stereocenters. The van der Waals surface area contributed by atoms with Crippen molar-refractivity contribution in [1.29, 1.82) is 0 Å². The molecule has 9 nitrogen and oxygen atoms in total. The number of aryl methyl sites for hydroxylation is 1. The lowest BCUT2D eigenvalue weighted by Gasteiger charge is -2.39. The van der Waals surface area contributed by atoms with Crippen LogP contribution in [0, 0.1) is 5.92 Å². The number of nitrogens with one attached hydrogen (secondary N) is 2. The van der Waals surface area contributed by atoms with Gasteiger partial charge < -0.3 is 19.7 Å². The predicted molar refractivity (Wildman–Crippen MR) is 159 cm³/mol. The number of sulfonamides is 1. The minimum absolute atomic E-state index is 0.0600. The van der Waals surface area contributed by atoms with Gasteiger partial charge in [-0.1, -0.05) is 43.7 Å². The maximum atomic E-state index is 13.3. The Kier molecular flexibility index (Phi) is 10.8. The number of ether oxygens (including phenoxy) is 2. The van der Waals surface area contributed by atoms with Crippen molar-refractivity contribution in [3.63, 3.8) is 0 Å². The van der Waals surface area contributed by atoms with E-state index in [4.69, 9.17) is 9.47 Å². The molecule has 41 heavy (non-hydrogen) atoms. The van der Waals surface area contributed by atoms with E-state index in [0.29, 0.717) is 64.0 Å². The van der Waals surface area contributed by atoms with Crippen molar-refractivity contribution < 1.29 is 27.5 Å². The molecule has 0 spiro atoms. The van der Waals surface area contributed by atoms with Crippen molar-refractivity contribution in [2.45, 2.75) is 75.3 Å². The summed E-state index contributed by atoms with van der Waals surface area (Å²) in [6.07, 6.45) is 5.50. The van der Waals surface area contributed by atoms with Gasteiger partial charge in [0.15, 0.2) is 0 Å². The van der Waals surface area contributed by atoms with Crippen LogP contribution in [0.3, 0.4) is 0 Å². The highest BCUT2D eigenvalue weighted by atomic mass is 32.2. The summed E-state index contributed by atoms with van der Waals surface area (Å²) in [6, 6.07) is 12.9. The van der Waals surface area contributed by atoms with Gasteiger partial charge in [-0.05, 0) is 61.8 Å². The van der Waals surface area contributed by atoms with Crippen molar-refractivity contribution in [1.82, 2.24) is 9.62 Å². The van der Waals surface area contributed by atoms with Crippen molar-refractivity contribution in [3.8, 4) is 11.1 Å². The molecule has 2 aromatic carbocycles. The topological polar surface area (TPSA) is 114 Å². The van der Waals surface area contributed by atoms with E-state index in [1.165, 1.54) is 7.11 Å². The molecule has 224 valence electrons. The molecule has 1 aliphatic carbocycles. The Balaban J connectivity index is 1.37. The summed E-state index contributed by atoms with van der Waals surface area (Å²) in [6.45, 7) is 3.94. The smallest absolute Gasteiger partial charge is 0.305 e. The Labute approximate surface area is 244 Å². The van der Waals surface area contributed by atoms with E-state index in [0.717, 1.165) is 29.5 Å². The number of morpholine rings is 1. The Morgan fingerprint density at radius 1 is 1.07 bits per heavy atom. The first kappa shape index (κ1) is 31.0. The van der Waals surface area contributed by atoms with Crippen LogP contribution in [0.4, 0.5) is 5.69 Å². The molecule has 4 rings (SSSR count). The van der Waals surface area contributed by atoms with Gasteiger partial charge in [-0.15, -0.1) is 0 Å². The van der Waals surface area contributed by atoms with Gasteiger partial charge in [0.2, 0.25) is 15.9 Å². The normalized spacial score (nSPS) is 21.3. The zero-order chi connectivity index (χ0) is 29.4. The fourth-order valence-electron chi connectivity index (χ4n) is 5.85. The third-order valence-corrected chi connectivity index (χ3v) is 9.73. The highest BCUT2D eigenvalue weighted by Crippen LogP contribution is 2.32. The molecule has 2 N–H and O–H groups in total. The van der Waals surface area contributed by atoms with E-state index >= 15 is 0 Å². The van der Waals surface area contributed by atoms with E-state index in [-0.39, 0.29) is 34.8 Å². The van der Waals surface area contributed by atoms with Crippen molar-refractivity contribution in [2.24, 2.45) is 5.92 Å². The number of hydrogen-bond acceptors (Lipinski definition) is 7. The molecule has 1 amide bonds. The fourth-order valence-corrected chi connectivity index (χ4v) is 7.18. The van der Waals surface area contributed by atoms with Crippen LogP contribution in [-0.4, -0.2) is 71.2 Å². The van der Waals surface area contributed by atoms with Crippen LogP contribution < -0.4 is 10.0 Å². The predicted octanol–water partition coefficient (Wildman–Crippen LogP) is 4.37. The third-order valence-electron chi connectivity index (χ3n) is 8.21. The Bertz CT molecular complexity index is 1290. The summed E-state index contributed by atoms with van der Waals surface area (Å²) in [7, 11) is -0.586. The number of amides is 1. The van der Waals surface area contributed by atoms with Crippen molar-refractivity contribution in [2.75, 3.05) is 39.2 Å². The van der Waals surface area contributed by atoms with Crippen LogP contribution in [0.1, 0.15) is 57.4 Å². The highest BCUT2D eigenvalue weighted by Gasteiger charge is 2.35. The first-order valence-electron chi connectivity index (χ1n) is 14.6. The average Bonchev–Trinajstić information content (AvgIpc) is 3.00. The Morgan fingerprint density at radius 3 is 2.46 bits per heavy atom. The fraction of sp³-hybridized carbons (Fsp3) is 0.548. The van der Waals surface area contributed by atoms with E-state index in [1.807, 2.05) is 35.2 Å². The average molecular weight is 586 g/mol. The van der Waals surface area contributed by atoms with Crippen LogP contribution in [0.25, 0.3) is 11.1 Å². The summed E-state index contributed by atoms with van der Waals surface area (Å²) in [5.41, 5.74) is 3.55. The first-order valence-corrected chi connectivity index (χ1v) is 16.1. The molecule has 1 heterocycles. The van der Waals surface area contributed by atoms with E-state index < -0.39 is 10.0 Å². The van der Waals surface area contributed by atoms with E-state index in [9.17, 15) is 18.0 Å². The third kappa shape index (κ3) is 7.87. The minimum atomic E-state index is -3.74. The van der Waals surface area contributed by atoms with Crippen LogP contribution in [-0.2, 0) is 35.5 Å². The number of hydrogen-bond donors (Lipinski definition) is 2. The molecule has 1 saturated heterocycles. The zero-order valence-corrected chi connectivity index (χ0v) is 25.2. The van der Waals surface area contributed by atoms with Gasteiger partial charge in [0.1, 0.15) is 0 Å². The number of benzene rings is 2. The lowest BCUT2D eigenvalue weighted by Crippen LogP contribution is -2.51. The quantitative estimate of drug-likeness (QED) is 0.377. The standard InChI is InChI=1S/C31H43N3O6S/c1-4-5-26-21-40-19-18-34(26)31(36)24-11-13-25(14-12-24)33-41(37,38)27-15-16-28(29(20-27)32-2)23-9-6-22(7-10-23)8-17-30(35)39-3/h6-7,9-10,15-16,20,24-26,32-33H,4-5,8,11-14,17-19,21H2,1-3H3/t24-,25-,26-/m0/s1. The monoisotopic (exact) mass is 585 g/mol. The van der Waals surface area contributed by atoms with Crippen LogP contribution in [0.2, 0.25) is 0 Å². The largest absolute Gasteiger partial charge is 0.469 e. The van der Waals surface area contributed by atoms with Crippen molar-refractivity contribution in [3.05, 3.63) is 48.0 Å². The second-order valence-electron chi connectivity index (χ2n) is 10.9. The van der Waals surface area contributed by atoms with E-state index in [2.05, 4.69) is 17.0 Å². The van der Waals surface area contributed by atoms with Gasteiger partial charge in [-0.3, -0.25) is 9.59 Å². The molecule has 2 aliphatic rings. The number of rotatable bonds is 11. The molecule has 0 aromatic heterocycles. The summed E-state index contributed by atoms with van der Waals surface area (Å²) >= 11 is 0. The number of esters is 1. The number of methoxy groups -OCH3 is 1. The van der Waals surface area contributed by atoms with Crippen LogP contribution in [0.5, 0.6) is 0 Å². The molecule has 0 bridgehead atoms. The second kappa shape index (κ2) is 14.3. The molecule has 1 saturated carbocycles. The number of carbonyl (C=O) groups is 2. The summed E-state index contributed by atoms with van der Waals surface area (Å²) in [5.74, 6) is -0.110. The summed E-state index contributed by atoms with van der Waals surface area (Å²) in [4.78, 5) is 26.9. The summed E-state index contributed by atoms with van der Waals surface area (Å²) < 4.78 is 39.8. The van der Waals surface area contributed by atoms with Gasteiger partial charge >= 0.3 is 5.97 Å². The van der Waals surface area contributed by atoms with Crippen molar-refractivity contribution >= 4 is 27.6 Å². The molecule has 1 aliphatic heterocycles. The second-order valence-corrected chi connectivity index (χ2v) is 12.7. The molecule has 1 atom stereocenters. The van der Waals surface area contributed by atoms with Gasteiger partial charge in [0.25, 0.3) is 0 Å². The molecular formula is C31H43N3O6S. The van der Waals surface area contributed by atoms with Gasteiger partial charge in [-0.2, -0.15) is 0 Å². The van der Waals surface area contributed by atoms with Gasteiger partial charge in [0, 0.05) is 43.2 Å². The number of carbonyl (C=O) groups excluding carboxylic acids is 2. The molecule has 2 aromatic rings. The first-order chi connectivity index (χ1) is 19.7. The Hall–Kier alpha value is -2.95. The molecule has 10 heteroatoms. The minimum Gasteiger partial charge on any atom is -0.469 e.